The average molecular weight is 333 g/mol. The fourth-order valence-electron chi connectivity index (χ4n) is 2.91. The van der Waals surface area contributed by atoms with Crippen LogP contribution in [0.4, 0.5) is 0 Å². The molecule has 7 nitrogen and oxygen atoms in total. The molecule has 2 aliphatic rings. The molecule has 1 saturated carbocycles. The highest BCUT2D eigenvalue weighted by Gasteiger charge is 2.30. The molecule has 0 atom stereocenters. The van der Waals surface area contributed by atoms with Gasteiger partial charge in [0.15, 0.2) is 5.76 Å². The Bertz CT molecular complexity index is 587. The molecular weight excluding hydrogens is 310 g/mol. The molecule has 1 aromatic heterocycles. The summed E-state index contributed by atoms with van der Waals surface area (Å²) in [5, 5.41) is 5.69. The molecule has 3 rings (SSSR count). The van der Waals surface area contributed by atoms with Gasteiger partial charge in [0.2, 0.25) is 11.8 Å². The van der Waals surface area contributed by atoms with Gasteiger partial charge in [-0.3, -0.25) is 14.4 Å². The van der Waals surface area contributed by atoms with Crippen molar-refractivity contribution < 1.29 is 18.8 Å². The molecule has 0 spiro atoms. The normalized spacial score (nSPS) is 18.2. The molecular formula is C17H23N3O4. The van der Waals surface area contributed by atoms with Crippen LogP contribution < -0.4 is 10.6 Å². The van der Waals surface area contributed by atoms with Gasteiger partial charge in [-0.05, 0) is 37.8 Å². The van der Waals surface area contributed by atoms with Crippen LogP contribution in [0.3, 0.4) is 0 Å². The molecule has 0 aromatic carbocycles. The molecule has 0 bridgehead atoms. The standard InChI is InChI=1S/C17H23N3O4/c21-15(12-3-4-12)18-7-8-19-16(22)13-5-9-20(10-6-13)17(23)14-2-1-11-24-14/h1-2,11-13H,3-10H2,(H,18,21)(H,19,22). The quantitative estimate of drug-likeness (QED) is 0.753. The highest BCUT2D eigenvalue weighted by molar-refractivity contribution is 5.91. The zero-order chi connectivity index (χ0) is 16.9. The van der Waals surface area contributed by atoms with Gasteiger partial charge in [0.1, 0.15) is 0 Å². The number of hydrogen-bond donors (Lipinski definition) is 2. The van der Waals surface area contributed by atoms with E-state index in [1.165, 1.54) is 6.26 Å². The number of nitrogens with one attached hydrogen (secondary N) is 2. The van der Waals surface area contributed by atoms with E-state index in [0.717, 1.165) is 12.8 Å². The number of hydrogen-bond acceptors (Lipinski definition) is 4. The fourth-order valence-corrected chi connectivity index (χ4v) is 2.91. The number of carbonyl (C=O) groups is 3. The van der Waals surface area contributed by atoms with Gasteiger partial charge < -0.3 is 20.0 Å². The monoisotopic (exact) mass is 333 g/mol. The van der Waals surface area contributed by atoms with Crippen molar-refractivity contribution in [1.29, 1.82) is 0 Å². The third-order valence-corrected chi connectivity index (χ3v) is 4.56. The SMILES string of the molecule is O=C(NCCNC(=O)C1CCN(C(=O)c2ccco2)CC1)C1CC1. The minimum atomic E-state index is -0.123. The van der Waals surface area contributed by atoms with Crippen LogP contribution in [-0.4, -0.2) is 48.8 Å². The van der Waals surface area contributed by atoms with Crippen LogP contribution in [-0.2, 0) is 9.59 Å². The van der Waals surface area contributed by atoms with Crippen LogP contribution >= 0.6 is 0 Å². The number of nitrogens with zero attached hydrogens (tertiary/aromatic N) is 1. The number of rotatable bonds is 6. The summed E-state index contributed by atoms with van der Waals surface area (Å²) in [5.74, 6) is 0.419. The van der Waals surface area contributed by atoms with E-state index in [9.17, 15) is 14.4 Å². The van der Waals surface area contributed by atoms with E-state index in [4.69, 9.17) is 4.42 Å². The van der Waals surface area contributed by atoms with E-state index in [1.807, 2.05) is 0 Å². The van der Waals surface area contributed by atoms with Gasteiger partial charge in [0, 0.05) is 38.0 Å². The van der Waals surface area contributed by atoms with Crippen molar-refractivity contribution in [1.82, 2.24) is 15.5 Å². The highest BCUT2D eigenvalue weighted by Crippen LogP contribution is 2.28. The van der Waals surface area contributed by atoms with Gasteiger partial charge in [-0.25, -0.2) is 0 Å². The van der Waals surface area contributed by atoms with Gasteiger partial charge in [0.05, 0.1) is 6.26 Å². The first kappa shape index (κ1) is 16.5. The molecule has 7 heteroatoms. The molecule has 1 aliphatic heterocycles. The number of amides is 3. The summed E-state index contributed by atoms with van der Waals surface area (Å²) in [7, 11) is 0. The maximum atomic E-state index is 12.2. The summed E-state index contributed by atoms with van der Waals surface area (Å²) in [6.07, 6.45) is 4.73. The van der Waals surface area contributed by atoms with Crippen LogP contribution in [0.5, 0.6) is 0 Å². The van der Waals surface area contributed by atoms with E-state index in [1.54, 1.807) is 17.0 Å². The molecule has 0 radical (unpaired) electrons. The second kappa shape index (κ2) is 7.51. The number of likely N-dealkylation sites (tertiary alicyclic amines) is 1. The second-order valence-electron chi connectivity index (χ2n) is 6.40. The maximum Gasteiger partial charge on any atom is 0.289 e. The van der Waals surface area contributed by atoms with Crippen molar-refractivity contribution in [3.8, 4) is 0 Å². The molecule has 3 amide bonds. The first-order valence-corrected chi connectivity index (χ1v) is 8.53. The summed E-state index contributed by atoms with van der Waals surface area (Å²) < 4.78 is 5.12. The molecule has 1 aliphatic carbocycles. The topological polar surface area (TPSA) is 91.7 Å². The van der Waals surface area contributed by atoms with Crippen LogP contribution in [0, 0.1) is 11.8 Å². The Labute approximate surface area is 140 Å². The van der Waals surface area contributed by atoms with Crippen molar-refractivity contribution in [2.75, 3.05) is 26.2 Å². The Morgan fingerprint density at radius 2 is 1.58 bits per heavy atom. The Balaban J connectivity index is 1.34. The Morgan fingerprint density at radius 3 is 2.08 bits per heavy atom. The van der Waals surface area contributed by atoms with E-state index in [0.29, 0.717) is 44.8 Å². The Kier molecular flexibility index (Phi) is 5.17. The van der Waals surface area contributed by atoms with Gasteiger partial charge in [-0.15, -0.1) is 0 Å². The van der Waals surface area contributed by atoms with Crippen LogP contribution in [0.15, 0.2) is 22.8 Å². The first-order chi connectivity index (χ1) is 11.6. The Hall–Kier alpha value is -2.31. The summed E-state index contributed by atoms with van der Waals surface area (Å²) in [4.78, 5) is 37.5. The molecule has 130 valence electrons. The van der Waals surface area contributed by atoms with Crippen molar-refractivity contribution >= 4 is 17.7 Å². The third kappa shape index (κ3) is 4.15. The lowest BCUT2D eigenvalue weighted by Gasteiger charge is -2.30. The Morgan fingerprint density at radius 1 is 1.00 bits per heavy atom. The number of piperidine rings is 1. The zero-order valence-electron chi connectivity index (χ0n) is 13.6. The van der Waals surface area contributed by atoms with Gasteiger partial charge in [-0.1, -0.05) is 0 Å². The lowest BCUT2D eigenvalue weighted by atomic mass is 9.95. The molecule has 24 heavy (non-hydrogen) atoms. The van der Waals surface area contributed by atoms with Gasteiger partial charge >= 0.3 is 0 Å². The van der Waals surface area contributed by atoms with Crippen LogP contribution in [0.2, 0.25) is 0 Å². The summed E-state index contributed by atoms with van der Waals surface area (Å²) >= 11 is 0. The number of furan rings is 1. The average Bonchev–Trinajstić information content (AvgIpc) is 3.32. The van der Waals surface area contributed by atoms with Gasteiger partial charge in [-0.2, -0.15) is 0 Å². The van der Waals surface area contributed by atoms with Gasteiger partial charge in [0.25, 0.3) is 5.91 Å². The smallest absolute Gasteiger partial charge is 0.289 e. The van der Waals surface area contributed by atoms with E-state index >= 15 is 0 Å². The van der Waals surface area contributed by atoms with E-state index in [-0.39, 0.29) is 29.6 Å². The van der Waals surface area contributed by atoms with Crippen molar-refractivity contribution in [2.24, 2.45) is 11.8 Å². The van der Waals surface area contributed by atoms with E-state index < -0.39 is 0 Å². The molecule has 2 fully saturated rings. The fraction of sp³-hybridized carbons (Fsp3) is 0.588. The summed E-state index contributed by atoms with van der Waals surface area (Å²) in [5.41, 5.74) is 0. The third-order valence-electron chi connectivity index (χ3n) is 4.56. The van der Waals surface area contributed by atoms with Crippen molar-refractivity contribution in [2.45, 2.75) is 25.7 Å². The minimum Gasteiger partial charge on any atom is -0.459 e. The first-order valence-electron chi connectivity index (χ1n) is 8.53. The molecule has 2 heterocycles. The molecule has 1 aromatic rings. The highest BCUT2D eigenvalue weighted by atomic mass is 16.3. The molecule has 2 N–H and O–H groups in total. The molecule has 0 unspecified atom stereocenters. The van der Waals surface area contributed by atoms with Crippen LogP contribution in [0.1, 0.15) is 36.2 Å². The van der Waals surface area contributed by atoms with Crippen LogP contribution in [0.25, 0.3) is 0 Å². The van der Waals surface area contributed by atoms with E-state index in [2.05, 4.69) is 10.6 Å². The maximum absolute atomic E-state index is 12.2. The summed E-state index contributed by atoms with van der Waals surface area (Å²) in [6, 6.07) is 3.34. The lowest BCUT2D eigenvalue weighted by Crippen LogP contribution is -2.44. The largest absolute Gasteiger partial charge is 0.459 e. The van der Waals surface area contributed by atoms with Crippen molar-refractivity contribution in [3.63, 3.8) is 0 Å². The predicted molar refractivity (Wildman–Crippen MR) is 86.1 cm³/mol. The second-order valence-corrected chi connectivity index (χ2v) is 6.40. The lowest BCUT2D eigenvalue weighted by molar-refractivity contribution is -0.126. The molecule has 1 saturated heterocycles. The van der Waals surface area contributed by atoms with Crippen molar-refractivity contribution in [3.05, 3.63) is 24.2 Å². The zero-order valence-corrected chi connectivity index (χ0v) is 13.6. The number of carbonyl (C=O) groups excluding carboxylic acids is 3. The predicted octanol–water partition coefficient (Wildman–Crippen LogP) is 0.774. The minimum absolute atomic E-state index is 0.000712. The summed E-state index contributed by atoms with van der Waals surface area (Å²) in [6.45, 7) is 2.02.